The molecule has 0 aromatic carbocycles. The normalized spacial score (nSPS) is 10.8. The summed E-state index contributed by atoms with van der Waals surface area (Å²) >= 11 is 0. The zero-order chi connectivity index (χ0) is 21.2. The summed E-state index contributed by atoms with van der Waals surface area (Å²) in [4.78, 5) is 36.5. The van der Waals surface area contributed by atoms with E-state index >= 15 is 0 Å². The number of nitrogens with one attached hydrogen (secondary N) is 2. The van der Waals surface area contributed by atoms with Crippen molar-refractivity contribution in [2.75, 3.05) is 53.0 Å². The van der Waals surface area contributed by atoms with Gasteiger partial charge in [-0.05, 0) is 12.8 Å². The molecular weight excluding hydrogens is 439 g/mol. The molecule has 0 spiro atoms. The Morgan fingerprint density at radius 3 is 1.70 bits per heavy atom. The number of halogens is 2. The van der Waals surface area contributed by atoms with Gasteiger partial charge in [-0.2, -0.15) is 0 Å². The van der Waals surface area contributed by atoms with E-state index in [1.54, 1.807) is 4.90 Å². The van der Waals surface area contributed by atoms with Gasteiger partial charge < -0.3 is 30.6 Å². The van der Waals surface area contributed by atoms with E-state index in [9.17, 15) is 14.4 Å². The lowest BCUT2D eigenvalue weighted by atomic mass is 10.3. The van der Waals surface area contributed by atoms with Crippen molar-refractivity contribution in [3.63, 3.8) is 0 Å². The summed E-state index contributed by atoms with van der Waals surface area (Å²) in [5, 5.41) is 5.30. The van der Waals surface area contributed by atoms with Crippen molar-refractivity contribution < 1.29 is 28.6 Å². The van der Waals surface area contributed by atoms with Crippen LogP contribution >= 0.6 is 24.8 Å². The first-order valence-electron chi connectivity index (χ1n) is 9.81. The highest BCUT2D eigenvalue weighted by atomic mass is 35.5. The van der Waals surface area contributed by atoms with E-state index < -0.39 is 24.2 Å². The van der Waals surface area contributed by atoms with Crippen molar-refractivity contribution in [2.45, 2.75) is 45.6 Å². The first kappa shape index (κ1) is 33.2. The van der Waals surface area contributed by atoms with Gasteiger partial charge in [0.05, 0.1) is 7.11 Å². The number of nitrogens with zero attached hydrogens (tertiary/aromatic N) is 1. The Morgan fingerprint density at radius 2 is 1.33 bits per heavy atom. The zero-order valence-corrected chi connectivity index (χ0v) is 19.8. The molecule has 0 aliphatic rings. The van der Waals surface area contributed by atoms with Crippen LogP contribution in [0.3, 0.4) is 0 Å². The van der Waals surface area contributed by atoms with E-state index in [4.69, 9.17) is 15.2 Å². The Morgan fingerprint density at radius 1 is 0.900 bits per heavy atom. The molecule has 0 aromatic rings. The van der Waals surface area contributed by atoms with Crippen molar-refractivity contribution >= 4 is 43.0 Å². The second-order valence-corrected chi connectivity index (χ2v) is 6.26. The van der Waals surface area contributed by atoms with Crippen LogP contribution in [0.5, 0.6) is 0 Å². The summed E-state index contributed by atoms with van der Waals surface area (Å²) in [5.41, 5.74) is 5.80. The Bertz CT molecular complexity index is 432. The maximum Gasteiger partial charge on any atom is 0.407 e. The topological polar surface area (TPSA) is 132 Å². The van der Waals surface area contributed by atoms with Gasteiger partial charge in [0.25, 0.3) is 0 Å². The van der Waals surface area contributed by atoms with Crippen molar-refractivity contribution in [3.8, 4) is 0 Å². The molecule has 0 radical (unpaired) electrons. The lowest BCUT2D eigenvalue weighted by Gasteiger charge is -2.24. The third-order valence-electron chi connectivity index (χ3n) is 3.84. The van der Waals surface area contributed by atoms with Crippen LogP contribution in [0, 0.1) is 0 Å². The SMILES string of the molecule is CCCCNC(=O)OCCN(CCOC(=O)NCCCC)CC(N)C(=O)OC.Cl.Cl. The van der Waals surface area contributed by atoms with E-state index in [1.807, 2.05) is 13.8 Å². The average molecular weight is 477 g/mol. The van der Waals surface area contributed by atoms with Crippen LogP contribution in [0.1, 0.15) is 39.5 Å². The molecule has 4 N–H and O–H groups in total. The third kappa shape index (κ3) is 18.5. The van der Waals surface area contributed by atoms with Gasteiger partial charge in [0.15, 0.2) is 0 Å². The van der Waals surface area contributed by atoms with E-state index in [1.165, 1.54) is 7.11 Å². The lowest BCUT2D eigenvalue weighted by molar-refractivity contribution is -0.142. The highest BCUT2D eigenvalue weighted by molar-refractivity contribution is 5.85. The summed E-state index contributed by atoms with van der Waals surface area (Å²) in [6, 6.07) is -0.846. The number of amides is 2. The van der Waals surface area contributed by atoms with Gasteiger partial charge in [-0.15, -0.1) is 24.8 Å². The van der Waals surface area contributed by atoms with Crippen LogP contribution in [-0.2, 0) is 19.0 Å². The molecule has 10 nitrogen and oxygen atoms in total. The second kappa shape index (κ2) is 22.2. The van der Waals surface area contributed by atoms with E-state index in [-0.39, 0.29) is 44.6 Å². The molecule has 1 unspecified atom stereocenters. The predicted molar refractivity (Wildman–Crippen MR) is 119 cm³/mol. The second-order valence-electron chi connectivity index (χ2n) is 6.26. The first-order valence-corrected chi connectivity index (χ1v) is 9.81. The number of methoxy groups -OCH3 is 1. The summed E-state index contributed by atoms with van der Waals surface area (Å²) < 4.78 is 14.8. The predicted octanol–water partition coefficient (Wildman–Crippen LogP) is 1.68. The van der Waals surface area contributed by atoms with Crippen molar-refractivity contribution in [3.05, 3.63) is 0 Å². The molecule has 2 amide bonds. The molecular formula is C18H38Cl2N4O6. The molecule has 0 saturated carbocycles. The zero-order valence-electron chi connectivity index (χ0n) is 18.1. The minimum Gasteiger partial charge on any atom is -0.468 e. The summed E-state index contributed by atoms with van der Waals surface area (Å²) in [7, 11) is 1.26. The number of carbonyl (C=O) groups is 3. The standard InChI is InChI=1S/C18H36N4O6.2ClH/c1-4-6-8-20-17(24)27-12-10-22(14-15(19)16(23)26-3)11-13-28-18(25)21-9-7-5-2;;/h15H,4-14,19H2,1-3H3,(H,20,24)(H,21,25);2*1H. The number of esters is 1. The molecule has 0 aliphatic heterocycles. The monoisotopic (exact) mass is 476 g/mol. The smallest absolute Gasteiger partial charge is 0.407 e. The molecule has 1 atom stereocenters. The number of rotatable bonds is 15. The molecule has 0 aromatic heterocycles. The van der Waals surface area contributed by atoms with Crippen molar-refractivity contribution in [2.24, 2.45) is 5.73 Å². The minimum atomic E-state index is -0.846. The molecule has 0 aliphatic carbocycles. The van der Waals surface area contributed by atoms with Gasteiger partial charge in [0.1, 0.15) is 19.3 Å². The van der Waals surface area contributed by atoms with Gasteiger partial charge in [0.2, 0.25) is 0 Å². The van der Waals surface area contributed by atoms with Gasteiger partial charge in [-0.25, -0.2) is 9.59 Å². The summed E-state index contributed by atoms with van der Waals surface area (Å²) in [6.45, 7) is 6.29. The highest BCUT2D eigenvalue weighted by Gasteiger charge is 2.19. The molecule has 30 heavy (non-hydrogen) atoms. The van der Waals surface area contributed by atoms with Gasteiger partial charge in [-0.1, -0.05) is 26.7 Å². The molecule has 0 heterocycles. The molecule has 12 heteroatoms. The van der Waals surface area contributed by atoms with Crippen molar-refractivity contribution in [1.82, 2.24) is 15.5 Å². The maximum atomic E-state index is 11.6. The highest BCUT2D eigenvalue weighted by Crippen LogP contribution is 1.96. The third-order valence-corrected chi connectivity index (χ3v) is 3.84. The van der Waals surface area contributed by atoms with Crippen molar-refractivity contribution in [1.29, 1.82) is 0 Å². The Labute approximate surface area is 191 Å². The van der Waals surface area contributed by atoms with Crippen LogP contribution in [0.15, 0.2) is 0 Å². The number of hydrogen-bond acceptors (Lipinski definition) is 8. The number of alkyl carbamates (subject to hydrolysis) is 2. The van der Waals surface area contributed by atoms with Crippen LogP contribution in [0.2, 0.25) is 0 Å². The fraction of sp³-hybridized carbons (Fsp3) is 0.833. The molecule has 0 rings (SSSR count). The van der Waals surface area contributed by atoms with E-state index in [0.29, 0.717) is 26.2 Å². The number of unbranched alkanes of at least 4 members (excludes halogenated alkanes) is 2. The fourth-order valence-electron chi connectivity index (χ4n) is 2.17. The number of nitrogens with two attached hydrogens (primary N) is 1. The summed E-state index contributed by atoms with van der Waals surface area (Å²) in [5.74, 6) is -0.540. The van der Waals surface area contributed by atoms with Crippen LogP contribution in [0.25, 0.3) is 0 Å². The molecule has 0 saturated heterocycles. The number of hydrogen-bond donors (Lipinski definition) is 3. The van der Waals surface area contributed by atoms with Crippen LogP contribution < -0.4 is 16.4 Å². The van der Waals surface area contributed by atoms with Gasteiger partial charge in [-0.3, -0.25) is 9.69 Å². The molecule has 0 fully saturated rings. The Hall–Kier alpha value is -1.49. The largest absolute Gasteiger partial charge is 0.468 e. The quantitative estimate of drug-likeness (QED) is 0.184. The number of carbonyl (C=O) groups excluding carboxylic acids is 3. The molecule has 180 valence electrons. The van der Waals surface area contributed by atoms with Crippen LogP contribution in [-0.4, -0.2) is 82.1 Å². The van der Waals surface area contributed by atoms with E-state index in [0.717, 1.165) is 25.7 Å². The average Bonchev–Trinajstić information content (AvgIpc) is 2.67. The van der Waals surface area contributed by atoms with Gasteiger partial charge >= 0.3 is 18.2 Å². The Kier molecular flexibility index (Phi) is 24.5. The van der Waals surface area contributed by atoms with Crippen LogP contribution in [0.4, 0.5) is 9.59 Å². The van der Waals surface area contributed by atoms with Gasteiger partial charge in [0, 0.05) is 32.7 Å². The molecule has 0 bridgehead atoms. The minimum absolute atomic E-state index is 0. The maximum absolute atomic E-state index is 11.6. The number of ether oxygens (including phenoxy) is 3. The Balaban J connectivity index is -0.00000364. The fourth-order valence-corrected chi connectivity index (χ4v) is 2.17. The lowest BCUT2D eigenvalue weighted by Crippen LogP contribution is -2.46. The summed E-state index contributed by atoms with van der Waals surface area (Å²) in [6.07, 6.45) is 2.74. The van der Waals surface area contributed by atoms with E-state index in [2.05, 4.69) is 15.4 Å². The first-order chi connectivity index (χ1) is 13.4.